The Bertz CT molecular complexity index is 734. The molecule has 0 radical (unpaired) electrons. The average molecular weight is 292 g/mol. The minimum atomic E-state index is -0.484. The average Bonchev–Trinajstić information content (AvgIpc) is 2.55. The second-order valence-electron chi connectivity index (χ2n) is 4.50. The number of rotatable bonds is 6. The highest BCUT2D eigenvalue weighted by Gasteiger charge is 2.14. The maximum Gasteiger partial charge on any atom is 0.292 e. The molecule has 110 valence electrons. The Hall–Kier alpha value is -3.14. The fraction of sp³-hybridized carbons (Fsp3) is 0. The lowest BCUT2D eigenvalue weighted by atomic mass is 10.0. The van der Waals surface area contributed by atoms with Crippen LogP contribution in [0.2, 0.25) is 0 Å². The van der Waals surface area contributed by atoms with E-state index in [2.05, 4.69) is 18.5 Å². The van der Waals surface area contributed by atoms with Crippen molar-refractivity contribution >= 4 is 5.69 Å². The highest BCUT2D eigenvalue weighted by atomic mass is 16.6. The quantitative estimate of drug-likeness (QED) is 0.480. The van der Waals surface area contributed by atoms with E-state index in [4.69, 9.17) is 0 Å². The van der Waals surface area contributed by atoms with Gasteiger partial charge in [0, 0.05) is 17.3 Å². The molecule has 2 rings (SSSR count). The molecule has 1 N–H and O–H groups in total. The molecule has 0 bridgehead atoms. The smallest absolute Gasteiger partial charge is 0.292 e. The van der Waals surface area contributed by atoms with Crippen molar-refractivity contribution in [3.8, 4) is 11.1 Å². The van der Waals surface area contributed by atoms with Gasteiger partial charge in [-0.3, -0.25) is 10.1 Å². The third-order valence-corrected chi connectivity index (χ3v) is 3.15. The summed E-state index contributed by atoms with van der Waals surface area (Å²) in [7, 11) is 0. The Morgan fingerprint density at radius 2 is 1.64 bits per heavy atom. The van der Waals surface area contributed by atoms with Gasteiger partial charge in [0.2, 0.25) is 0 Å². The highest BCUT2D eigenvalue weighted by molar-refractivity contribution is 5.79. The van der Waals surface area contributed by atoms with Crippen LogP contribution in [-0.4, -0.2) is 4.92 Å². The zero-order valence-electron chi connectivity index (χ0n) is 12.0. The summed E-state index contributed by atoms with van der Waals surface area (Å²) in [5.41, 5.74) is 2.94. The Labute approximate surface area is 129 Å². The number of hydrogen-bond donors (Lipinski definition) is 1. The third kappa shape index (κ3) is 3.30. The lowest BCUT2D eigenvalue weighted by Crippen LogP contribution is -2.07. The number of nitro groups is 1. The molecule has 0 heterocycles. The largest absolute Gasteiger partial charge is 0.349 e. The van der Waals surface area contributed by atoms with Crippen molar-refractivity contribution in [2.45, 2.75) is 0 Å². The first-order chi connectivity index (χ1) is 10.7. The molecule has 0 saturated heterocycles. The second-order valence-corrected chi connectivity index (χ2v) is 4.50. The van der Waals surface area contributed by atoms with Crippen LogP contribution < -0.4 is 5.32 Å². The molecule has 22 heavy (non-hydrogen) atoms. The summed E-state index contributed by atoms with van der Waals surface area (Å²) in [5, 5.41) is 14.1. The predicted molar refractivity (Wildman–Crippen MR) is 89.9 cm³/mol. The van der Waals surface area contributed by atoms with Gasteiger partial charge in [-0.15, -0.1) is 0 Å². The first kappa shape index (κ1) is 15.3. The van der Waals surface area contributed by atoms with Crippen LogP contribution in [0.15, 0.2) is 91.3 Å². The summed E-state index contributed by atoms with van der Waals surface area (Å²) < 4.78 is 0. The van der Waals surface area contributed by atoms with Gasteiger partial charge in [-0.25, -0.2) is 0 Å². The monoisotopic (exact) mass is 292 g/mol. The SMILES string of the molecule is C=C/C(Nc1ccccc1-c1ccccc1)=C(\C=C)[N+](=O)[O-]. The molecule has 4 nitrogen and oxygen atoms in total. The summed E-state index contributed by atoms with van der Waals surface area (Å²) in [6, 6.07) is 17.4. The molecule has 2 aromatic rings. The van der Waals surface area contributed by atoms with E-state index in [1.54, 1.807) is 0 Å². The number of anilines is 1. The van der Waals surface area contributed by atoms with Crippen molar-refractivity contribution in [1.82, 2.24) is 0 Å². The summed E-state index contributed by atoms with van der Waals surface area (Å²) in [6.45, 7) is 7.12. The summed E-state index contributed by atoms with van der Waals surface area (Å²) in [5.74, 6) is 0. The molecule has 4 heteroatoms. The Kier molecular flexibility index (Phi) is 4.88. The number of nitrogens with zero attached hydrogens (tertiary/aromatic N) is 1. The Morgan fingerprint density at radius 1 is 1.00 bits per heavy atom. The van der Waals surface area contributed by atoms with E-state index in [1.807, 2.05) is 54.6 Å². The Balaban J connectivity index is 2.49. The Morgan fingerprint density at radius 3 is 2.23 bits per heavy atom. The summed E-state index contributed by atoms with van der Waals surface area (Å²) in [4.78, 5) is 10.6. The maximum absolute atomic E-state index is 11.1. The molecule has 0 aliphatic heterocycles. The minimum absolute atomic E-state index is 0.113. The third-order valence-electron chi connectivity index (χ3n) is 3.15. The normalized spacial score (nSPS) is 11.3. The molecular formula is C18H16N2O2. The maximum atomic E-state index is 11.1. The lowest BCUT2D eigenvalue weighted by Gasteiger charge is -2.12. The van der Waals surface area contributed by atoms with Gasteiger partial charge in [0.25, 0.3) is 5.70 Å². The van der Waals surface area contributed by atoms with Crippen LogP contribution in [0.5, 0.6) is 0 Å². The van der Waals surface area contributed by atoms with Crippen LogP contribution in [0.4, 0.5) is 5.69 Å². The van der Waals surface area contributed by atoms with Crippen LogP contribution >= 0.6 is 0 Å². The van der Waals surface area contributed by atoms with Gasteiger partial charge in [0.05, 0.1) is 4.92 Å². The fourth-order valence-corrected chi connectivity index (χ4v) is 2.11. The van der Waals surface area contributed by atoms with Crippen molar-refractivity contribution in [2.75, 3.05) is 5.32 Å². The van der Waals surface area contributed by atoms with Crippen LogP contribution in [-0.2, 0) is 0 Å². The fourth-order valence-electron chi connectivity index (χ4n) is 2.11. The molecule has 0 aliphatic rings. The van der Waals surface area contributed by atoms with Crippen LogP contribution in [0.25, 0.3) is 11.1 Å². The minimum Gasteiger partial charge on any atom is -0.349 e. The van der Waals surface area contributed by atoms with Gasteiger partial charge < -0.3 is 5.32 Å². The van der Waals surface area contributed by atoms with E-state index in [1.165, 1.54) is 12.2 Å². The zero-order valence-corrected chi connectivity index (χ0v) is 12.0. The molecule has 0 aromatic heterocycles. The van der Waals surface area contributed by atoms with Crippen molar-refractivity contribution < 1.29 is 4.92 Å². The van der Waals surface area contributed by atoms with E-state index in [0.717, 1.165) is 16.8 Å². The van der Waals surface area contributed by atoms with Crippen molar-refractivity contribution in [3.05, 3.63) is 101 Å². The molecule has 0 aliphatic carbocycles. The first-order valence-electron chi connectivity index (χ1n) is 6.72. The second kappa shape index (κ2) is 7.04. The van der Waals surface area contributed by atoms with Gasteiger partial charge in [-0.05, 0) is 17.7 Å². The first-order valence-corrected chi connectivity index (χ1v) is 6.72. The predicted octanol–water partition coefficient (Wildman–Crippen LogP) is 4.63. The number of hydrogen-bond acceptors (Lipinski definition) is 3. The van der Waals surface area contributed by atoms with Gasteiger partial charge in [0.15, 0.2) is 0 Å². The van der Waals surface area contributed by atoms with E-state index < -0.39 is 4.92 Å². The topological polar surface area (TPSA) is 55.2 Å². The summed E-state index contributed by atoms with van der Waals surface area (Å²) >= 11 is 0. The van der Waals surface area contributed by atoms with E-state index in [9.17, 15) is 10.1 Å². The van der Waals surface area contributed by atoms with Crippen molar-refractivity contribution in [2.24, 2.45) is 0 Å². The molecule has 0 amide bonds. The van der Waals surface area contributed by atoms with E-state index >= 15 is 0 Å². The molecule has 2 aromatic carbocycles. The number of para-hydroxylation sites is 1. The van der Waals surface area contributed by atoms with E-state index in [0.29, 0.717) is 5.70 Å². The van der Waals surface area contributed by atoms with Gasteiger partial charge in [-0.2, -0.15) is 0 Å². The number of benzene rings is 2. The summed E-state index contributed by atoms with van der Waals surface area (Å²) in [6.07, 6.45) is 2.62. The number of nitrogens with one attached hydrogen (secondary N) is 1. The van der Waals surface area contributed by atoms with Gasteiger partial charge in [0.1, 0.15) is 5.70 Å². The molecular weight excluding hydrogens is 276 g/mol. The van der Waals surface area contributed by atoms with Crippen molar-refractivity contribution in [1.29, 1.82) is 0 Å². The molecule has 0 spiro atoms. The van der Waals surface area contributed by atoms with Crippen LogP contribution in [0.3, 0.4) is 0 Å². The molecule has 0 fully saturated rings. The zero-order chi connectivity index (χ0) is 15.9. The van der Waals surface area contributed by atoms with Gasteiger partial charge in [-0.1, -0.05) is 61.7 Å². The van der Waals surface area contributed by atoms with E-state index in [-0.39, 0.29) is 5.70 Å². The highest BCUT2D eigenvalue weighted by Crippen LogP contribution is 2.29. The van der Waals surface area contributed by atoms with Crippen LogP contribution in [0.1, 0.15) is 0 Å². The van der Waals surface area contributed by atoms with Gasteiger partial charge >= 0.3 is 0 Å². The van der Waals surface area contributed by atoms with Crippen molar-refractivity contribution in [3.63, 3.8) is 0 Å². The van der Waals surface area contributed by atoms with Crippen LogP contribution in [0, 0.1) is 10.1 Å². The molecule has 0 saturated carbocycles. The standard InChI is InChI=1S/C18H16N2O2/c1-3-16(18(4-2)20(21)22)19-17-13-9-8-12-15(17)14-10-6-5-7-11-14/h3-13,19H,1-2H2/b18-16-. The molecule has 0 atom stereocenters. The number of allylic oxidation sites excluding steroid dienone is 2. The lowest BCUT2D eigenvalue weighted by molar-refractivity contribution is -0.419. The molecule has 0 unspecified atom stereocenters.